The van der Waals surface area contributed by atoms with Gasteiger partial charge in [-0.05, 0) is 42.5 Å². The molecule has 0 bridgehead atoms. The van der Waals surface area contributed by atoms with Crippen LogP contribution in [0.1, 0.15) is 46.1 Å². The summed E-state index contributed by atoms with van der Waals surface area (Å²) in [5, 5.41) is 0.891. The maximum Gasteiger partial charge on any atom is 0.320 e. The normalized spacial score (nSPS) is 28.0. The lowest BCUT2D eigenvalue weighted by Crippen LogP contribution is -2.61. The number of hydrogen-bond donors (Lipinski definition) is 0. The molecule has 1 aromatic rings. The van der Waals surface area contributed by atoms with Crippen molar-refractivity contribution in [2.75, 3.05) is 33.4 Å². The quantitative estimate of drug-likeness (QED) is 0.489. The molecule has 4 atom stereocenters. The molecule has 3 aliphatic rings. The van der Waals surface area contributed by atoms with E-state index in [0.29, 0.717) is 47.6 Å². The van der Waals surface area contributed by atoms with Crippen molar-refractivity contribution in [1.82, 2.24) is 9.80 Å². The summed E-state index contributed by atoms with van der Waals surface area (Å²) in [5.74, 6) is -1.61. The number of methoxy groups -OCH3 is 1. The Kier molecular flexibility index (Phi) is 8.48. The zero-order valence-electron chi connectivity index (χ0n) is 22.6. The van der Waals surface area contributed by atoms with Crippen LogP contribution < -0.4 is 0 Å². The Morgan fingerprint density at radius 2 is 1.87 bits per heavy atom. The highest BCUT2D eigenvalue weighted by Gasteiger charge is 2.60. The van der Waals surface area contributed by atoms with Crippen LogP contribution in [0.5, 0.6) is 0 Å². The largest absolute Gasteiger partial charge is 0.468 e. The molecule has 1 aromatic carbocycles. The molecule has 0 spiro atoms. The second kappa shape index (κ2) is 11.2. The zero-order chi connectivity index (χ0) is 27.8. The minimum atomic E-state index is -1.26. The van der Waals surface area contributed by atoms with E-state index >= 15 is 0 Å². The Bertz CT molecular complexity index is 1130. The monoisotopic (exact) mass is 566 g/mol. The summed E-state index contributed by atoms with van der Waals surface area (Å²) in [6, 6.07) is 5.10. The number of morpholine rings is 1. The summed E-state index contributed by atoms with van der Waals surface area (Å²) < 4.78 is 17.1. The van der Waals surface area contributed by atoms with E-state index in [9.17, 15) is 14.4 Å². The molecular weight excluding hydrogens is 531 g/mol. The second-order valence-electron chi connectivity index (χ2n) is 11.3. The Hall–Kier alpha value is -2.13. The van der Waals surface area contributed by atoms with Gasteiger partial charge in [-0.15, -0.1) is 0 Å². The molecule has 3 aliphatic heterocycles. The molecule has 4 rings (SSSR count). The van der Waals surface area contributed by atoms with Crippen LogP contribution in [0.2, 0.25) is 10.0 Å². The van der Waals surface area contributed by atoms with Crippen molar-refractivity contribution in [2.45, 2.75) is 59.3 Å². The predicted octanol–water partition coefficient (Wildman–Crippen LogP) is 4.47. The highest BCUT2D eigenvalue weighted by atomic mass is 35.5. The van der Waals surface area contributed by atoms with Crippen molar-refractivity contribution >= 4 is 41.0 Å². The van der Waals surface area contributed by atoms with Gasteiger partial charge in [0.2, 0.25) is 11.8 Å². The maximum atomic E-state index is 14.1. The van der Waals surface area contributed by atoms with Gasteiger partial charge < -0.3 is 24.0 Å². The summed E-state index contributed by atoms with van der Waals surface area (Å²) in [5.41, 5.74) is -0.344. The second-order valence-corrected chi connectivity index (χ2v) is 12.2. The van der Waals surface area contributed by atoms with Gasteiger partial charge in [0.05, 0.1) is 39.1 Å². The predicted molar refractivity (Wildman–Crippen MR) is 143 cm³/mol. The van der Waals surface area contributed by atoms with Crippen molar-refractivity contribution in [3.05, 3.63) is 45.6 Å². The Morgan fingerprint density at radius 3 is 2.47 bits per heavy atom. The van der Waals surface area contributed by atoms with Crippen LogP contribution in [0, 0.1) is 16.7 Å². The molecule has 2 amide bonds. The summed E-state index contributed by atoms with van der Waals surface area (Å²) in [4.78, 5) is 44.3. The van der Waals surface area contributed by atoms with Crippen LogP contribution in [-0.2, 0) is 35.1 Å². The van der Waals surface area contributed by atoms with Crippen molar-refractivity contribution in [2.24, 2.45) is 16.7 Å². The zero-order valence-corrected chi connectivity index (χ0v) is 24.1. The van der Waals surface area contributed by atoms with Gasteiger partial charge in [-0.25, -0.2) is 0 Å². The smallest absolute Gasteiger partial charge is 0.320 e. The molecular formula is C28H36Cl2N2O6. The summed E-state index contributed by atoms with van der Waals surface area (Å²) in [7, 11) is 1.34. The van der Waals surface area contributed by atoms with Gasteiger partial charge in [0.15, 0.2) is 0 Å². The van der Waals surface area contributed by atoms with Crippen LogP contribution in [-0.4, -0.2) is 73.2 Å². The molecule has 208 valence electrons. The number of rotatable bonds is 5. The van der Waals surface area contributed by atoms with Gasteiger partial charge in [-0.1, -0.05) is 50.0 Å². The number of carbonyl (C=O) groups is 3. The van der Waals surface area contributed by atoms with E-state index < -0.39 is 23.4 Å². The number of piperidine rings is 1. The summed E-state index contributed by atoms with van der Waals surface area (Å²) in [6.45, 7) is 9.96. The molecule has 0 N–H and O–H groups in total. The third kappa shape index (κ3) is 5.46. The highest BCUT2D eigenvalue weighted by molar-refractivity contribution is 6.35. The average molecular weight is 568 g/mol. The number of fused-ring (bicyclic) bond motifs is 1. The lowest BCUT2D eigenvalue weighted by atomic mass is 9.65. The van der Waals surface area contributed by atoms with E-state index in [4.69, 9.17) is 37.4 Å². The van der Waals surface area contributed by atoms with Crippen molar-refractivity contribution < 1.29 is 28.6 Å². The van der Waals surface area contributed by atoms with E-state index in [0.717, 1.165) is 0 Å². The van der Waals surface area contributed by atoms with Crippen LogP contribution in [0.4, 0.5) is 0 Å². The molecule has 0 unspecified atom stereocenters. The van der Waals surface area contributed by atoms with Gasteiger partial charge in [-0.3, -0.25) is 14.4 Å². The third-order valence-electron chi connectivity index (χ3n) is 7.82. The van der Waals surface area contributed by atoms with Crippen molar-refractivity contribution in [1.29, 1.82) is 0 Å². The highest BCUT2D eigenvalue weighted by Crippen LogP contribution is 2.52. The fourth-order valence-electron chi connectivity index (χ4n) is 5.58. The fourth-order valence-corrected chi connectivity index (χ4v) is 6.05. The molecule has 0 aliphatic carbocycles. The van der Waals surface area contributed by atoms with Gasteiger partial charge in [0.25, 0.3) is 0 Å². The van der Waals surface area contributed by atoms with Crippen LogP contribution in [0.15, 0.2) is 30.0 Å². The first-order chi connectivity index (χ1) is 17.9. The van der Waals surface area contributed by atoms with Gasteiger partial charge in [0.1, 0.15) is 5.41 Å². The molecule has 0 aromatic heterocycles. The SMILES string of the molecule is COC(=O)[C@]12C[C@H](CC(=O)N3CCOCC3)C(=O)N(Cc3ccc(Cl)cc3Cl)C1=C[C@H](C(C)(C)C)O[C@@H]2C. The van der Waals surface area contributed by atoms with Crippen molar-refractivity contribution in [3.8, 4) is 0 Å². The number of hydrogen-bond acceptors (Lipinski definition) is 6. The standard InChI is InChI=1S/C28H36Cl2N2O6/c1-17-28(26(35)36-5)15-19(12-24(33)31-8-10-37-11-9-31)25(34)32(16-18-6-7-20(29)13-21(18)30)22(28)14-23(38-17)27(2,3)4/h6-7,13-14,17,19,23H,8-12,15-16H2,1-5H3/t17-,19+,23-,28+/m1/s1. The lowest BCUT2D eigenvalue weighted by Gasteiger charge is -2.53. The number of nitrogens with zero attached hydrogens (tertiary/aromatic N) is 2. The van der Waals surface area contributed by atoms with E-state index in [1.165, 1.54) is 7.11 Å². The topological polar surface area (TPSA) is 85.4 Å². The van der Waals surface area contributed by atoms with E-state index in [-0.39, 0.29) is 42.7 Å². The summed E-state index contributed by atoms with van der Waals surface area (Å²) in [6.07, 6.45) is 1.01. The molecule has 2 saturated heterocycles. The molecule has 10 heteroatoms. The number of benzene rings is 1. The molecule has 8 nitrogen and oxygen atoms in total. The van der Waals surface area contributed by atoms with E-state index in [1.54, 1.807) is 28.0 Å². The first-order valence-electron chi connectivity index (χ1n) is 13.0. The lowest BCUT2D eigenvalue weighted by molar-refractivity contribution is -0.180. The van der Waals surface area contributed by atoms with Crippen LogP contribution >= 0.6 is 23.2 Å². The van der Waals surface area contributed by atoms with Crippen molar-refractivity contribution in [3.63, 3.8) is 0 Å². The minimum Gasteiger partial charge on any atom is -0.468 e. The number of ether oxygens (including phenoxy) is 3. The van der Waals surface area contributed by atoms with E-state index in [2.05, 4.69) is 0 Å². The third-order valence-corrected chi connectivity index (χ3v) is 8.40. The van der Waals surface area contributed by atoms with Crippen LogP contribution in [0.3, 0.4) is 0 Å². The first-order valence-corrected chi connectivity index (χ1v) is 13.7. The Balaban J connectivity index is 1.80. The molecule has 3 heterocycles. The van der Waals surface area contributed by atoms with Gasteiger partial charge in [0, 0.05) is 41.2 Å². The minimum absolute atomic E-state index is 0.0227. The molecule has 38 heavy (non-hydrogen) atoms. The fraction of sp³-hybridized carbons (Fsp3) is 0.607. The number of carbonyl (C=O) groups excluding carboxylic acids is 3. The first kappa shape index (κ1) is 28.9. The Labute approximate surface area is 234 Å². The number of halogens is 2. The number of likely N-dealkylation sites (tertiary alicyclic amines) is 1. The van der Waals surface area contributed by atoms with Gasteiger partial charge >= 0.3 is 5.97 Å². The van der Waals surface area contributed by atoms with Crippen LogP contribution in [0.25, 0.3) is 0 Å². The van der Waals surface area contributed by atoms with Gasteiger partial charge in [-0.2, -0.15) is 0 Å². The Morgan fingerprint density at radius 1 is 1.18 bits per heavy atom. The number of amides is 2. The maximum absolute atomic E-state index is 14.1. The van der Waals surface area contributed by atoms with E-state index in [1.807, 2.05) is 33.8 Å². The molecule has 0 saturated carbocycles. The summed E-state index contributed by atoms with van der Waals surface area (Å²) >= 11 is 12.6. The molecule has 2 fully saturated rings. The molecule has 0 radical (unpaired) electrons. The number of esters is 1. The average Bonchev–Trinajstić information content (AvgIpc) is 2.87.